The molecule has 2 aliphatic rings. The smallest absolute Gasteiger partial charge is 0.152 e. The van der Waals surface area contributed by atoms with Crippen molar-refractivity contribution in [3.8, 4) is 0 Å². The third-order valence-corrected chi connectivity index (χ3v) is 6.06. The predicted octanol–water partition coefficient (Wildman–Crippen LogP) is -0.387. The van der Waals surface area contributed by atoms with Crippen LogP contribution in [0.2, 0.25) is 0 Å². The quantitative estimate of drug-likeness (QED) is 0.750. The van der Waals surface area contributed by atoms with E-state index in [0.29, 0.717) is 24.9 Å². The largest absolute Gasteiger partial charge is 0.380 e. The molecule has 5 nitrogen and oxygen atoms in total. The molecule has 2 aliphatic heterocycles. The van der Waals surface area contributed by atoms with Crippen molar-refractivity contribution < 1.29 is 13.2 Å². The van der Waals surface area contributed by atoms with E-state index in [-0.39, 0.29) is 11.3 Å². The van der Waals surface area contributed by atoms with Crippen LogP contribution in [0.4, 0.5) is 0 Å². The van der Waals surface area contributed by atoms with E-state index in [2.05, 4.69) is 4.90 Å². The number of nitrogens with two attached hydrogens (primary N) is 1. The molecular weight excluding hydrogens is 240 g/mol. The van der Waals surface area contributed by atoms with E-state index in [4.69, 9.17) is 10.5 Å². The summed E-state index contributed by atoms with van der Waals surface area (Å²) in [4.78, 5) is 2.16. The molecule has 0 spiro atoms. The molecule has 0 radical (unpaired) electrons. The van der Waals surface area contributed by atoms with Crippen LogP contribution in [0, 0.1) is 0 Å². The van der Waals surface area contributed by atoms with Gasteiger partial charge in [-0.3, -0.25) is 4.90 Å². The molecule has 2 heterocycles. The fourth-order valence-corrected chi connectivity index (χ4v) is 4.99. The molecule has 6 heteroatoms. The van der Waals surface area contributed by atoms with Gasteiger partial charge in [0.25, 0.3) is 0 Å². The molecule has 2 fully saturated rings. The Balaban J connectivity index is 2.17. The lowest BCUT2D eigenvalue weighted by Crippen LogP contribution is -2.61. The second-order valence-corrected chi connectivity index (χ2v) is 7.44. The summed E-state index contributed by atoms with van der Waals surface area (Å²) in [7, 11) is -0.946. The van der Waals surface area contributed by atoms with Gasteiger partial charge in [0.15, 0.2) is 9.84 Å². The molecule has 17 heavy (non-hydrogen) atoms. The lowest BCUT2D eigenvalue weighted by Gasteiger charge is -2.46. The van der Waals surface area contributed by atoms with E-state index in [9.17, 15) is 8.42 Å². The number of likely N-dealkylation sites (N-methyl/N-ethyl adjacent to an activating group) is 1. The highest BCUT2D eigenvalue weighted by Crippen LogP contribution is 2.30. The van der Waals surface area contributed by atoms with Crippen molar-refractivity contribution in [3.63, 3.8) is 0 Å². The molecule has 0 aromatic carbocycles. The molecule has 2 N–H and O–H groups in total. The van der Waals surface area contributed by atoms with E-state index >= 15 is 0 Å². The van der Waals surface area contributed by atoms with Crippen molar-refractivity contribution in [2.45, 2.75) is 30.8 Å². The van der Waals surface area contributed by atoms with Gasteiger partial charge in [0.2, 0.25) is 0 Å². The summed E-state index contributed by atoms with van der Waals surface area (Å²) in [6.45, 7) is 1.86. The Bertz CT molecular complexity index is 365. The molecule has 2 saturated heterocycles. The van der Waals surface area contributed by atoms with Crippen molar-refractivity contribution in [3.05, 3.63) is 0 Å². The predicted molar refractivity (Wildman–Crippen MR) is 66.7 cm³/mol. The Morgan fingerprint density at radius 3 is 2.82 bits per heavy atom. The monoisotopic (exact) mass is 262 g/mol. The summed E-state index contributed by atoms with van der Waals surface area (Å²) in [6.07, 6.45) is 2.56. The zero-order chi connectivity index (χ0) is 12.5. The van der Waals surface area contributed by atoms with Crippen LogP contribution in [-0.2, 0) is 14.6 Å². The minimum atomic E-state index is -2.94. The van der Waals surface area contributed by atoms with Crippen molar-refractivity contribution in [1.29, 1.82) is 0 Å². The molecule has 2 rings (SSSR count). The van der Waals surface area contributed by atoms with E-state index in [1.54, 1.807) is 0 Å². The average molecular weight is 262 g/mol. The Morgan fingerprint density at radius 2 is 2.29 bits per heavy atom. The molecule has 0 aliphatic carbocycles. The number of nitrogens with zero attached hydrogens (tertiary/aromatic N) is 1. The highest BCUT2D eigenvalue weighted by Gasteiger charge is 2.44. The fourth-order valence-electron chi connectivity index (χ4n) is 2.97. The number of hydrogen-bond acceptors (Lipinski definition) is 5. The first-order chi connectivity index (χ1) is 7.99. The Morgan fingerprint density at radius 1 is 1.53 bits per heavy atom. The standard InChI is InChI=1S/C11H22N2O3S/c1-13(10-3-5-16-7-10)11(8-12)4-2-6-17(14,15)9-11/h10H,2-9,12H2,1H3. The second kappa shape index (κ2) is 4.84. The van der Waals surface area contributed by atoms with Crippen LogP contribution in [0.3, 0.4) is 0 Å². The molecule has 0 aromatic heterocycles. The first kappa shape index (κ1) is 13.3. The van der Waals surface area contributed by atoms with Gasteiger partial charge in [-0.2, -0.15) is 0 Å². The van der Waals surface area contributed by atoms with Gasteiger partial charge >= 0.3 is 0 Å². The van der Waals surface area contributed by atoms with Crippen LogP contribution >= 0.6 is 0 Å². The summed E-state index contributed by atoms with van der Waals surface area (Å²) in [6, 6.07) is 0.312. The maximum atomic E-state index is 11.8. The van der Waals surface area contributed by atoms with Gasteiger partial charge in [0.05, 0.1) is 18.1 Å². The van der Waals surface area contributed by atoms with Crippen molar-refractivity contribution in [1.82, 2.24) is 4.90 Å². The van der Waals surface area contributed by atoms with Gasteiger partial charge in [0, 0.05) is 24.7 Å². The summed E-state index contributed by atoms with van der Waals surface area (Å²) in [5.74, 6) is 0.507. The van der Waals surface area contributed by atoms with Crippen LogP contribution in [0.15, 0.2) is 0 Å². The van der Waals surface area contributed by atoms with Crippen molar-refractivity contribution >= 4 is 9.84 Å². The van der Waals surface area contributed by atoms with Crippen LogP contribution in [-0.4, -0.2) is 63.2 Å². The third kappa shape index (κ3) is 2.65. The Kier molecular flexibility index (Phi) is 3.77. The maximum absolute atomic E-state index is 11.8. The summed E-state index contributed by atoms with van der Waals surface area (Å²) in [5, 5.41) is 0. The Hall–Kier alpha value is -0.170. The van der Waals surface area contributed by atoms with E-state index in [0.717, 1.165) is 25.9 Å². The van der Waals surface area contributed by atoms with Gasteiger partial charge < -0.3 is 10.5 Å². The molecule has 2 atom stereocenters. The van der Waals surface area contributed by atoms with E-state index < -0.39 is 9.84 Å². The lowest BCUT2D eigenvalue weighted by atomic mass is 9.92. The average Bonchev–Trinajstić information content (AvgIpc) is 2.79. The molecule has 0 bridgehead atoms. The highest BCUT2D eigenvalue weighted by atomic mass is 32.2. The SMILES string of the molecule is CN(C1CCOC1)C1(CN)CCCS(=O)(=O)C1. The minimum Gasteiger partial charge on any atom is -0.380 e. The van der Waals surface area contributed by atoms with E-state index in [1.165, 1.54) is 0 Å². The van der Waals surface area contributed by atoms with Crippen molar-refractivity contribution in [2.75, 3.05) is 38.3 Å². The van der Waals surface area contributed by atoms with Crippen molar-refractivity contribution in [2.24, 2.45) is 5.73 Å². The maximum Gasteiger partial charge on any atom is 0.152 e. The Labute approximate surface area is 103 Å². The van der Waals surface area contributed by atoms with Gasteiger partial charge in [-0.25, -0.2) is 8.42 Å². The number of sulfone groups is 1. The topological polar surface area (TPSA) is 72.6 Å². The first-order valence-corrected chi connectivity index (χ1v) is 8.02. The van der Waals surface area contributed by atoms with Gasteiger partial charge in [-0.15, -0.1) is 0 Å². The van der Waals surface area contributed by atoms with Crippen LogP contribution in [0.25, 0.3) is 0 Å². The molecule has 0 saturated carbocycles. The number of hydrogen-bond donors (Lipinski definition) is 1. The zero-order valence-electron chi connectivity index (χ0n) is 10.4. The summed E-state index contributed by atoms with van der Waals surface area (Å²) in [5.41, 5.74) is 5.50. The molecule has 100 valence electrons. The van der Waals surface area contributed by atoms with Gasteiger partial charge in [-0.05, 0) is 26.3 Å². The first-order valence-electron chi connectivity index (χ1n) is 6.20. The van der Waals surface area contributed by atoms with Gasteiger partial charge in [-0.1, -0.05) is 0 Å². The molecule has 0 aromatic rings. The van der Waals surface area contributed by atoms with Crippen LogP contribution < -0.4 is 5.73 Å². The summed E-state index contributed by atoms with van der Waals surface area (Å²) < 4.78 is 29.0. The molecular formula is C11H22N2O3S. The van der Waals surface area contributed by atoms with Crippen LogP contribution in [0.1, 0.15) is 19.3 Å². The van der Waals surface area contributed by atoms with E-state index in [1.807, 2.05) is 7.05 Å². The second-order valence-electron chi connectivity index (χ2n) is 5.25. The highest BCUT2D eigenvalue weighted by molar-refractivity contribution is 7.91. The van der Waals surface area contributed by atoms with Gasteiger partial charge in [0.1, 0.15) is 0 Å². The molecule has 2 unspecified atom stereocenters. The van der Waals surface area contributed by atoms with Crippen LogP contribution in [0.5, 0.6) is 0 Å². The normalized spacial score (nSPS) is 37.5. The number of rotatable bonds is 3. The summed E-state index contributed by atoms with van der Waals surface area (Å²) >= 11 is 0. The molecule has 0 amide bonds. The third-order valence-electron chi connectivity index (χ3n) is 4.17. The minimum absolute atomic E-state index is 0.198. The lowest BCUT2D eigenvalue weighted by molar-refractivity contribution is 0.0712. The zero-order valence-corrected chi connectivity index (χ0v) is 11.2. The fraction of sp³-hybridized carbons (Fsp3) is 1.00. The number of ether oxygens (including phenoxy) is 1.